The molecule has 0 spiro atoms. The monoisotopic (exact) mass is 441 g/mol. The Morgan fingerprint density at radius 3 is 2.27 bits per heavy atom. The fraction of sp³-hybridized carbons (Fsp3) is 0.0909. The van der Waals surface area contributed by atoms with Crippen LogP contribution in [0.25, 0.3) is 11.0 Å². The summed E-state index contributed by atoms with van der Waals surface area (Å²) in [6.07, 6.45) is 0. The molecule has 1 amide bonds. The molecule has 0 fully saturated rings. The summed E-state index contributed by atoms with van der Waals surface area (Å²) in [5.74, 6) is -0.793. The topological polar surface area (TPSA) is 56.0 Å². The maximum absolute atomic E-state index is 13.2. The largest absolute Gasteiger partial charge is 0.328 e. The summed E-state index contributed by atoms with van der Waals surface area (Å²) in [6, 6.07) is 16.3. The Bertz CT molecular complexity index is 1330. The van der Waals surface area contributed by atoms with Gasteiger partial charge < -0.3 is 5.32 Å². The van der Waals surface area contributed by atoms with E-state index in [-0.39, 0.29) is 11.6 Å². The maximum atomic E-state index is 13.2. The predicted octanol–water partition coefficient (Wildman–Crippen LogP) is 5.07. The van der Waals surface area contributed by atoms with Crippen LogP contribution in [0.3, 0.4) is 0 Å². The molecule has 8 heteroatoms. The van der Waals surface area contributed by atoms with E-state index in [1.807, 2.05) is 24.3 Å². The average molecular weight is 442 g/mol. The molecule has 152 valence electrons. The van der Waals surface area contributed by atoms with Crippen molar-refractivity contribution in [3.63, 3.8) is 0 Å². The third-order valence-corrected chi connectivity index (χ3v) is 6.36. The number of halogens is 2. The molecule has 0 atom stereocenters. The molecule has 1 aromatic heterocycles. The smallest absolute Gasteiger partial charge is 0.321 e. The summed E-state index contributed by atoms with van der Waals surface area (Å²) < 4.78 is 16.3. The van der Waals surface area contributed by atoms with Crippen molar-refractivity contribution in [3.8, 4) is 0 Å². The number of fused-ring (bicyclic) bond motifs is 1. The van der Waals surface area contributed by atoms with Gasteiger partial charge in [0.25, 0.3) is 5.91 Å². The number of nitrogens with one attached hydrogen (secondary N) is 1. The molecule has 3 aromatic carbocycles. The number of hydrogen-bond donors (Lipinski definition) is 1. The molecule has 4 rings (SSSR count). The van der Waals surface area contributed by atoms with Gasteiger partial charge >= 0.3 is 5.69 Å². The van der Waals surface area contributed by atoms with Gasteiger partial charge in [0.1, 0.15) is 5.82 Å². The van der Waals surface area contributed by atoms with Crippen LogP contribution in [0.15, 0.2) is 75.2 Å². The molecule has 0 unspecified atom stereocenters. The Labute approximate surface area is 181 Å². The first kappa shape index (κ1) is 20.3. The van der Waals surface area contributed by atoms with Crippen LogP contribution in [0.5, 0.6) is 0 Å². The SMILES string of the molecule is Cn1c(=O)n(C)c2cc(Sc3ccccc3Cl)c(NC(=O)c3ccc(F)cc3)cc21. The number of anilines is 1. The normalized spacial score (nSPS) is 11.1. The van der Waals surface area contributed by atoms with Crippen LogP contribution >= 0.6 is 23.4 Å². The first-order chi connectivity index (χ1) is 14.3. The Morgan fingerprint density at radius 1 is 0.967 bits per heavy atom. The summed E-state index contributed by atoms with van der Waals surface area (Å²) >= 11 is 7.71. The highest BCUT2D eigenvalue weighted by atomic mass is 35.5. The number of aromatic nitrogens is 2. The average Bonchev–Trinajstić information content (AvgIpc) is 2.94. The number of imidazole rings is 1. The van der Waals surface area contributed by atoms with Crippen molar-refractivity contribution in [1.29, 1.82) is 0 Å². The summed E-state index contributed by atoms with van der Waals surface area (Å²) in [5.41, 5.74) is 2.10. The number of amides is 1. The lowest BCUT2D eigenvalue weighted by Gasteiger charge is -2.13. The van der Waals surface area contributed by atoms with Crippen LogP contribution in [0.2, 0.25) is 5.02 Å². The third-order valence-electron chi connectivity index (χ3n) is 4.78. The van der Waals surface area contributed by atoms with E-state index in [1.54, 1.807) is 30.8 Å². The molecule has 30 heavy (non-hydrogen) atoms. The minimum atomic E-state index is -0.415. The second-order valence-electron chi connectivity index (χ2n) is 6.73. The Balaban J connectivity index is 1.82. The standard InChI is InChI=1S/C22H17ClFN3O2S/c1-26-17-11-16(25-21(28)13-7-9-14(24)10-8-13)20(12-18(17)27(2)22(26)29)30-19-6-4-3-5-15(19)23/h3-12H,1-2H3,(H,25,28). The maximum Gasteiger partial charge on any atom is 0.328 e. The Hall–Kier alpha value is -3.03. The number of hydrogen-bond acceptors (Lipinski definition) is 3. The summed E-state index contributed by atoms with van der Waals surface area (Å²) in [7, 11) is 3.38. The van der Waals surface area contributed by atoms with Gasteiger partial charge in [-0.1, -0.05) is 35.5 Å². The quantitative estimate of drug-likeness (QED) is 0.481. The molecule has 1 heterocycles. The molecule has 0 bridgehead atoms. The van der Waals surface area contributed by atoms with Crippen molar-refractivity contribution in [3.05, 3.63) is 87.6 Å². The van der Waals surface area contributed by atoms with E-state index in [9.17, 15) is 14.0 Å². The van der Waals surface area contributed by atoms with Crippen LogP contribution in [0, 0.1) is 5.82 Å². The van der Waals surface area contributed by atoms with Crippen molar-refractivity contribution in [1.82, 2.24) is 9.13 Å². The molecule has 0 aliphatic carbocycles. The van der Waals surface area contributed by atoms with E-state index in [4.69, 9.17) is 11.6 Å². The van der Waals surface area contributed by atoms with Crippen molar-refractivity contribution < 1.29 is 9.18 Å². The molecular weight excluding hydrogens is 425 g/mol. The summed E-state index contributed by atoms with van der Waals surface area (Å²) in [5, 5.41) is 3.47. The van der Waals surface area contributed by atoms with E-state index in [2.05, 4.69) is 5.32 Å². The molecular formula is C22H17ClFN3O2S. The summed E-state index contributed by atoms with van der Waals surface area (Å²) in [6.45, 7) is 0. The zero-order valence-electron chi connectivity index (χ0n) is 16.1. The number of nitrogens with zero attached hydrogens (tertiary/aromatic N) is 2. The lowest BCUT2D eigenvalue weighted by Crippen LogP contribution is -2.19. The van der Waals surface area contributed by atoms with E-state index >= 15 is 0 Å². The van der Waals surface area contributed by atoms with Gasteiger partial charge in [-0.25, -0.2) is 9.18 Å². The van der Waals surface area contributed by atoms with Crippen LogP contribution in [-0.2, 0) is 14.1 Å². The first-order valence-electron chi connectivity index (χ1n) is 9.04. The predicted molar refractivity (Wildman–Crippen MR) is 118 cm³/mol. The van der Waals surface area contributed by atoms with Gasteiger partial charge in [0, 0.05) is 29.4 Å². The van der Waals surface area contributed by atoms with Gasteiger partial charge in [0.05, 0.1) is 21.7 Å². The van der Waals surface area contributed by atoms with Gasteiger partial charge in [0.2, 0.25) is 0 Å². The highest BCUT2D eigenvalue weighted by molar-refractivity contribution is 7.99. The first-order valence-corrected chi connectivity index (χ1v) is 10.2. The number of carbonyl (C=O) groups excluding carboxylic acids is 1. The molecule has 5 nitrogen and oxygen atoms in total. The van der Waals surface area contributed by atoms with Crippen LogP contribution in [0.4, 0.5) is 10.1 Å². The van der Waals surface area contributed by atoms with Gasteiger partial charge in [-0.2, -0.15) is 0 Å². The van der Waals surface area contributed by atoms with Crippen LogP contribution < -0.4 is 11.0 Å². The lowest BCUT2D eigenvalue weighted by atomic mass is 10.2. The molecule has 4 aromatic rings. The van der Waals surface area contributed by atoms with Gasteiger partial charge in [-0.05, 0) is 48.5 Å². The zero-order chi connectivity index (χ0) is 21.4. The Kier molecular flexibility index (Phi) is 5.40. The van der Waals surface area contributed by atoms with Crippen molar-refractivity contribution in [2.75, 3.05) is 5.32 Å². The number of benzene rings is 3. The van der Waals surface area contributed by atoms with E-state index in [0.29, 0.717) is 21.8 Å². The Morgan fingerprint density at radius 2 is 1.60 bits per heavy atom. The minimum Gasteiger partial charge on any atom is -0.321 e. The van der Waals surface area contributed by atoms with Crippen LogP contribution in [0.1, 0.15) is 10.4 Å². The van der Waals surface area contributed by atoms with Crippen molar-refractivity contribution in [2.24, 2.45) is 14.1 Å². The molecule has 0 aliphatic rings. The highest BCUT2D eigenvalue weighted by Crippen LogP contribution is 2.39. The minimum absolute atomic E-state index is 0.166. The molecule has 1 N–H and O–H groups in total. The highest BCUT2D eigenvalue weighted by Gasteiger charge is 2.17. The second kappa shape index (κ2) is 8.01. The van der Waals surface area contributed by atoms with E-state index in [1.165, 1.54) is 40.6 Å². The number of rotatable bonds is 4. The van der Waals surface area contributed by atoms with Gasteiger partial charge in [-0.3, -0.25) is 13.9 Å². The van der Waals surface area contributed by atoms with Crippen molar-refractivity contribution >= 4 is 46.0 Å². The van der Waals surface area contributed by atoms with Crippen molar-refractivity contribution in [2.45, 2.75) is 9.79 Å². The molecule has 0 radical (unpaired) electrons. The van der Waals surface area contributed by atoms with Crippen LogP contribution in [-0.4, -0.2) is 15.0 Å². The number of carbonyl (C=O) groups is 1. The van der Waals surface area contributed by atoms with Gasteiger partial charge in [-0.15, -0.1) is 0 Å². The van der Waals surface area contributed by atoms with Gasteiger partial charge in [0.15, 0.2) is 0 Å². The zero-order valence-corrected chi connectivity index (χ0v) is 17.7. The van der Waals surface area contributed by atoms with E-state index < -0.39 is 5.82 Å². The summed E-state index contributed by atoms with van der Waals surface area (Å²) in [4.78, 5) is 26.7. The fourth-order valence-corrected chi connectivity index (χ4v) is 4.34. The van der Waals surface area contributed by atoms with E-state index in [0.717, 1.165) is 15.3 Å². The lowest BCUT2D eigenvalue weighted by molar-refractivity contribution is 0.102. The fourth-order valence-electron chi connectivity index (χ4n) is 3.15. The molecule has 0 aliphatic heterocycles. The molecule has 0 saturated carbocycles. The second-order valence-corrected chi connectivity index (χ2v) is 8.22. The third kappa shape index (κ3) is 3.74. The number of aryl methyl sites for hydroxylation is 2. The molecule has 0 saturated heterocycles.